The van der Waals surface area contributed by atoms with E-state index in [9.17, 15) is 13.2 Å². The summed E-state index contributed by atoms with van der Waals surface area (Å²) in [4.78, 5) is 15.2. The van der Waals surface area contributed by atoms with Crippen LogP contribution < -0.4 is 5.32 Å². The molecule has 0 radical (unpaired) electrons. The van der Waals surface area contributed by atoms with Gasteiger partial charge in [-0.15, -0.1) is 0 Å². The lowest BCUT2D eigenvalue weighted by Gasteiger charge is -2.21. The number of sulfonamides is 1. The quantitative estimate of drug-likeness (QED) is 0.892. The minimum atomic E-state index is -3.20. The summed E-state index contributed by atoms with van der Waals surface area (Å²) in [5.74, 6) is -0.0897. The van der Waals surface area contributed by atoms with Crippen molar-refractivity contribution in [3.63, 3.8) is 0 Å². The molecule has 0 aliphatic carbocycles. The van der Waals surface area contributed by atoms with E-state index in [-0.39, 0.29) is 11.9 Å². The van der Waals surface area contributed by atoms with Crippen molar-refractivity contribution in [1.29, 1.82) is 0 Å². The zero-order valence-corrected chi connectivity index (χ0v) is 12.5. The standard InChI is InChI=1S/C13H19N3O3S/c1-10(17)14-8-11-5-6-12(15-9-11)13-4-3-7-16(13)20(2,18)19/h5-6,9,13H,3-4,7-8H2,1-2H3,(H,14,17). The van der Waals surface area contributed by atoms with Crippen LogP contribution >= 0.6 is 0 Å². The molecular weight excluding hydrogens is 278 g/mol. The molecular formula is C13H19N3O3S. The van der Waals surface area contributed by atoms with Crippen molar-refractivity contribution in [2.45, 2.75) is 32.4 Å². The second kappa shape index (κ2) is 5.88. The van der Waals surface area contributed by atoms with Gasteiger partial charge < -0.3 is 5.32 Å². The average Bonchev–Trinajstić information content (AvgIpc) is 2.86. The van der Waals surface area contributed by atoms with E-state index in [1.54, 1.807) is 6.20 Å². The SMILES string of the molecule is CC(=O)NCc1ccc(C2CCCN2S(C)(=O)=O)nc1. The van der Waals surface area contributed by atoms with Crippen LogP contribution in [0.2, 0.25) is 0 Å². The summed E-state index contributed by atoms with van der Waals surface area (Å²) >= 11 is 0. The highest BCUT2D eigenvalue weighted by atomic mass is 32.2. The molecule has 110 valence electrons. The van der Waals surface area contributed by atoms with E-state index in [0.717, 1.165) is 24.1 Å². The van der Waals surface area contributed by atoms with Gasteiger partial charge in [0, 0.05) is 26.2 Å². The molecule has 1 N–H and O–H groups in total. The number of pyridine rings is 1. The topological polar surface area (TPSA) is 79.4 Å². The third-order valence-electron chi connectivity index (χ3n) is 3.36. The molecule has 0 bridgehead atoms. The number of hydrogen-bond acceptors (Lipinski definition) is 4. The molecule has 1 fully saturated rings. The highest BCUT2D eigenvalue weighted by molar-refractivity contribution is 7.88. The monoisotopic (exact) mass is 297 g/mol. The Morgan fingerprint density at radius 1 is 1.50 bits per heavy atom. The van der Waals surface area contributed by atoms with Crippen LogP contribution in [0.5, 0.6) is 0 Å². The van der Waals surface area contributed by atoms with Crippen molar-refractivity contribution < 1.29 is 13.2 Å². The van der Waals surface area contributed by atoms with Gasteiger partial charge in [0.2, 0.25) is 15.9 Å². The van der Waals surface area contributed by atoms with Crippen molar-refractivity contribution in [2.24, 2.45) is 0 Å². The van der Waals surface area contributed by atoms with Crippen LogP contribution in [0.3, 0.4) is 0 Å². The summed E-state index contributed by atoms with van der Waals surface area (Å²) in [5.41, 5.74) is 1.66. The van der Waals surface area contributed by atoms with Crippen molar-refractivity contribution in [3.05, 3.63) is 29.6 Å². The molecule has 1 atom stereocenters. The Morgan fingerprint density at radius 2 is 2.25 bits per heavy atom. The predicted octanol–water partition coefficient (Wildman–Crippen LogP) is 0.814. The molecule has 1 saturated heterocycles. The van der Waals surface area contributed by atoms with Gasteiger partial charge in [0.25, 0.3) is 0 Å². The van der Waals surface area contributed by atoms with Crippen molar-refractivity contribution in [3.8, 4) is 0 Å². The highest BCUT2D eigenvalue weighted by Crippen LogP contribution is 2.32. The maximum absolute atomic E-state index is 11.7. The number of nitrogens with one attached hydrogen (secondary N) is 1. The minimum Gasteiger partial charge on any atom is -0.352 e. The number of amides is 1. The molecule has 20 heavy (non-hydrogen) atoms. The van der Waals surface area contributed by atoms with E-state index in [0.29, 0.717) is 13.1 Å². The smallest absolute Gasteiger partial charge is 0.217 e. The van der Waals surface area contributed by atoms with E-state index in [2.05, 4.69) is 10.3 Å². The largest absolute Gasteiger partial charge is 0.352 e. The lowest BCUT2D eigenvalue weighted by atomic mass is 10.1. The van der Waals surface area contributed by atoms with Crippen molar-refractivity contribution in [1.82, 2.24) is 14.6 Å². The molecule has 6 nitrogen and oxygen atoms in total. The molecule has 1 aromatic heterocycles. The van der Waals surface area contributed by atoms with E-state index in [1.807, 2.05) is 12.1 Å². The maximum Gasteiger partial charge on any atom is 0.217 e. The summed E-state index contributed by atoms with van der Waals surface area (Å²) < 4.78 is 24.9. The average molecular weight is 297 g/mol. The number of rotatable bonds is 4. The van der Waals surface area contributed by atoms with Crippen molar-refractivity contribution in [2.75, 3.05) is 12.8 Å². The first-order valence-corrected chi connectivity index (χ1v) is 8.39. The van der Waals surface area contributed by atoms with E-state index in [4.69, 9.17) is 0 Å². The predicted molar refractivity (Wildman–Crippen MR) is 75.3 cm³/mol. The molecule has 1 unspecified atom stereocenters. The van der Waals surface area contributed by atoms with E-state index < -0.39 is 10.0 Å². The normalized spacial score (nSPS) is 20.0. The summed E-state index contributed by atoms with van der Waals surface area (Å²) in [6.07, 6.45) is 4.57. The Hall–Kier alpha value is -1.47. The van der Waals surface area contributed by atoms with Crippen LogP contribution in [0.1, 0.15) is 37.1 Å². The Labute approximate surface area is 119 Å². The zero-order valence-electron chi connectivity index (χ0n) is 11.7. The first-order valence-electron chi connectivity index (χ1n) is 6.54. The molecule has 7 heteroatoms. The molecule has 1 aliphatic heterocycles. The fourth-order valence-corrected chi connectivity index (χ4v) is 3.53. The van der Waals surface area contributed by atoms with Gasteiger partial charge in [-0.25, -0.2) is 8.42 Å². The summed E-state index contributed by atoms with van der Waals surface area (Å²) in [6, 6.07) is 3.54. The number of nitrogens with zero attached hydrogens (tertiary/aromatic N) is 2. The van der Waals surface area contributed by atoms with Gasteiger partial charge in [-0.1, -0.05) is 6.07 Å². The second-order valence-corrected chi connectivity index (χ2v) is 6.97. The van der Waals surface area contributed by atoms with Crippen LogP contribution in [0.4, 0.5) is 0 Å². The molecule has 0 spiro atoms. The molecule has 1 amide bonds. The highest BCUT2D eigenvalue weighted by Gasteiger charge is 2.33. The second-order valence-electron chi connectivity index (χ2n) is 5.03. The molecule has 1 aliphatic rings. The van der Waals surface area contributed by atoms with Gasteiger partial charge in [-0.2, -0.15) is 4.31 Å². The fraction of sp³-hybridized carbons (Fsp3) is 0.538. The third-order valence-corrected chi connectivity index (χ3v) is 4.65. The van der Waals surface area contributed by atoms with Crippen LogP contribution in [-0.4, -0.2) is 36.4 Å². The van der Waals surface area contributed by atoms with Crippen LogP contribution in [0, 0.1) is 0 Å². The van der Waals surface area contributed by atoms with Gasteiger partial charge >= 0.3 is 0 Å². The van der Waals surface area contributed by atoms with Gasteiger partial charge in [0.15, 0.2) is 0 Å². The van der Waals surface area contributed by atoms with Crippen LogP contribution in [-0.2, 0) is 21.4 Å². The van der Waals surface area contributed by atoms with Crippen molar-refractivity contribution >= 4 is 15.9 Å². The van der Waals surface area contributed by atoms with Gasteiger partial charge in [-0.05, 0) is 24.5 Å². The molecule has 1 aromatic rings. The summed E-state index contributed by atoms with van der Waals surface area (Å²) in [5, 5.41) is 2.70. The van der Waals surface area contributed by atoms with Crippen LogP contribution in [0.15, 0.2) is 18.3 Å². The van der Waals surface area contributed by atoms with Crippen LogP contribution in [0.25, 0.3) is 0 Å². The first kappa shape index (κ1) is 14.9. The fourth-order valence-electron chi connectivity index (χ4n) is 2.40. The van der Waals surface area contributed by atoms with Gasteiger partial charge in [0.05, 0.1) is 18.0 Å². The number of carbonyl (C=O) groups excluding carboxylic acids is 1. The third kappa shape index (κ3) is 3.55. The molecule has 0 saturated carbocycles. The van der Waals surface area contributed by atoms with Gasteiger partial charge in [0.1, 0.15) is 0 Å². The Kier molecular flexibility index (Phi) is 4.39. The molecule has 0 aromatic carbocycles. The molecule has 2 rings (SSSR count). The Bertz CT molecular complexity index is 583. The number of aromatic nitrogens is 1. The summed E-state index contributed by atoms with van der Waals surface area (Å²) in [7, 11) is -3.20. The number of hydrogen-bond donors (Lipinski definition) is 1. The van der Waals surface area contributed by atoms with Gasteiger partial charge in [-0.3, -0.25) is 9.78 Å². The Morgan fingerprint density at radius 3 is 2.80 bits per heavy atom. The molecule has 2 heterocycles. The van der Waals surface area contributed by atoms with E-state index in [1.165, 1.54) is 17.5 Å². The Balaban J connectivity index is 2.11. The maximum atomic E-state index is 11.7. The lowest BCUT2D eigenvalue weighted by Crippen LogP contribution is -2.29. The summed E-state index contributed by atoms with van der Waals surface area (Å²) in [6.45, 7) is 2.45. The number of carbonyl (C=O) groups is 1. The lowest BCUT2D eigenvalue weighted by molar-refractivity contribution is -0.119. The minimum absolute atomic E-state index is 0.0897. The van der Waals surface area contributed by atoms with E-state index >= 15 is 0 Å². The first-order chi connectivity index (χ1) is 9.38. The zero-order chi connectivity index (χ0) is 14.8.